The van der Waals surface area contributed by atoms with Crippen LogP contribution < -0.4 is 10.1 Å². The molecule has 2 aromatic rings. The first-order valence-electron chi connectivity index (χ1n) is 7.63. The van der Waals surface area contributed by atoms with Gasteiger partial charge in [0.05, 0.1) is 17.7 Å². The van der Waals surface area contributed by atoms with Crippen LogP contribution in [0.15, 0.2) is 42.7 Å². The first-order chi connectivity index (χ1) is 11.1. The highest BCUT2D eigenvalue weighted by atomic mass is 16.5. The Kier molecular flexibility index (Phi) is 6.15. The van der Waals surface area contributed by atoms with E-state index >= 15 is 0 Å². The lowest BCUT2D eigenvalue weighted by Gasteiger charge is -2.23. The summed E-state index contributed by atoms with van der Waals surface area (Å²) in [4.78, 5) is 0. The third-order valence-electron chi connectivity index (χ3n) is 3.77. The van der Waals surface area contributed by atoms with E-state index in [2.05, 4.69) is 30.3 Å². The van der Waals surface area contributed by atoms with Crippen molar-refractivity contribution < 1.29 is 9.84 Å². The molecule has 6 nitrogen and oxygen atoms in total. The lowest BCUT2D eigenvalue weighted by atomic mass is 10.1. The van der Waals surface area contributed by atoms with E-state index in [-0.39, 0.29) is 18.7 Å². The molecule has 0 aliphatic rings. The summed E-state index contributed by atoms with van der Waals surface area (Å²) in [5.74, 6) is 0.640. The van der Waals surface area contributed by atoms with Gasteiger partial charge in [0.1, 0.15) is 18.5 Å². The van der Waals surface area contributed by atoms with Gasteiger partial charge in [0.15, 0.2) is 0 Å². The highest BCUT2D eigenvalue weighted by molar-refractivity contribution is 5.34. The van der Waals surface area contributed by atoms with Gasteiger partial charge in [-0.3, -0.25) is 4.68 Å². The molecule has 3 atom stereocenters. The van der Waals surface area contributed by atoms with E-state index < -0.39 is 6.10 Å². The van der Waals surface area contributed by atoms with Crippen LogP contribution in [-0.2, 0) is 0 Å². The minimum atomic E-state index is -0.613. The maximum Gasteiger partial charge on any atom is 0.119 e. The zero-order valence-corrected chi connectivity index (χ0v) is 13.4. The molecular formula is C17H22N4O2. The maximum absolute atomic E-state index is 10.0. The molecule has 1 aromatic carbocycles. The predicted octanol–water partition coefficient (Wildman–Crippen LogP) is 1.73. The Morgan fingerprint density at radius 2 is 2.09 bits per heavy atom. The number of aliphatic hydroxyl groups excluding tert-OH is 1. The minimum Gasteiger partial charge on any atom is -0.491 e. The van der Waals surface area contributed by atoms with E-state index in [1.54, 1.807) is 30.5 Å². The molecule has 0 aliphatic heterocycles. The SMILES string of the molecule is C[C@H](NC[C@@H](O)COc1ccc(C#N)cc1)[C@H](C)n1cccn1. The van der Waals surface area contributed by atoms with Gasteiger partial charge in [-0.25, -0.2) is 0 Å². The number of aromatic nitrogens is 2. The van der Waals surface area contributed by atoms with E-state index in [0.29, 0.717) is 17.9 Å². The second kappa shape index (κ2) is 8.32. The van der Waals surface area contributed by atoms with Crippen LogP contribution in [0, 0.1) is 11.3 Å². The predicted molar refractivity (Wildman–Crippen MR) is 87.1 cm³/mol. The molecule has 1 aromatic heterocycles. The highest BCUT2D eigenvalue weighted by Crippen LogP contribution is 2.12. The lowest BCUT2D eigenvalue weighted by Crippen LogP contribution is -2.40. The number of benzene rings is 1. The van der Waals surface area contributed by atoms with Gasteiger partial charge >= 0.3 is 0 Å². The summed E-state index contributed by atoms with van der Waals surface area (Å²) >= 11 is 0. The van der Waals surface area contributed by atoms with E-state index in [1.165, 1.54) is 0 Å². The fourth-order valence-electron chi connectivity index (χ4n) is 2.12. The molecule has 0 unspecified atom stereocenters. The van der Waals surface area contributed by atoms with Crippen LogP contribution >= 0.6 is 0 Å². The molecule has 0 spiro atoms. The third kappa shape index (κ3) is 5.09. The topological polar surface area (TPSA) is 83.1 Å². The molecule has 0 saturated heterocycles. The molecule has 122 valence electrons. The summed E-state index contributed by atoms with van der Waals surface area (Å²) in [6, 6.07) is 11.1. The van der Waals surface area contributed by atoms with E-state index in [1.807, 2.05) is 16.9 Å². The van der Waals surface area contributed by atoms with Crippen LogP contribution in [0.2, 0.25) is 0 Å². The minimum absolute atomic E-state index is 0.166. The average molecular weight is 314 g/mol. The van der Waals surface area contributed by atoms with Crippen LogP contribution in [0.1, 0.15) is 25.5 Å². The number of aliphatic hydroxyl groups is 1. The molecule has 2 N–H and O–H groups in total. The quantitative estimate of drug-likeness (QED) is 0.775. The molecule has 0 aliphatic carbocycles. The summed E-state index contributed by atoms with van der Waals surface area (Å²) in [7, 11) is 0. The van der Waals surface area contributed by atoms with E-state index in [4.69, 9.17) is 10.00 Å². The standard InChI is InChI=1S/C17H22N4O2/c1-13(14(2)21-9-3-8-20-21)19-11-16(22)12-23-17-6-4-15(10-18)5-7-17/h3-9,13-14,16,19,22H,11-12H2,1-2H3/t13-,14-,16+/m0/s1. The average Bonchev–Trinajstić information content (AvgIpc) is 3.12. The molecular weight excluding hydrogens is 292 g/mol. The first-order valence-corrected chi connectivity index (χ1v) is 7.63. The van der Waals surface area contributed by atoms with Gasteiger partial charge in [-0.05, 0) is 44.2 Å². The number of hydrogen-bond donors (Lipinski definition) is 2. The monoisotopic (exact) mass is 314 g/mol. The van der Waals surface area contributed by atoms with Gasteiger partial charge in [0.2, 0.25) is 0 Å². The summed E-state index contributed by atoms with van der Waals surface area (Å²) in [6.07, 6.45) is 3.06. The van der Waals surface area contributed by atoms with Crippen molar-refractivity contribution in [1.29, 1.82) is 5.26 Å². The Hall–Kier alpha value is -2.36. The number of ether oxygens (including phenoxy) is 1. The molecule has 6 heteroatoms. The Morgan fingerprint density at radius 3 is 2.70 bits per heavy atom. The molecule has 0 radical (unpaired) electrons. The fourth-order valence-corrected chi connectivity index (χ4v) is 2.12. The Bertz CT molecular complexity index is 619. The largest absolute Gasteiger partial charge is 0.491 e. The van der Waals surface area contributed by atoms with Crippen LogP contribution in [-0.4, -0.2) is 40.2 Å². The molecule has 0 bridgehead atoms. The molecule has 0 fully saturated rings. The number of nitrogens with one attached hydrogen (secondary N) is 1. The summed E-state index contributed by atoms with van der Waals surface area (Å²) in [5.41, 5.74) is 0.584. The second-order valence-corrected chi connectivity index (χ2v) is 5.52. The molecule has 1 heterocycles. The summed E-state index contributed by atoms with van der Waals surface area (Å²) in [5, 5.41) is 26.3. The van der Waals surface area contributed by atoms with Gasteiger partial charge in [0, 0.05) is 25.0 Å². The Labute approximate surface area is 136 Å². The number of nitrogens with zero attached hydrogens (tertiary/aromatic N) is 3. The van der Waals surface area contributed by atoms with Crippen molar-refractivity contribution in [3.8, 4) is 11.8 Å². The zero-order chi connectivity index (χ0) is 16.7. The van der Waals surface area contributed by atoms with Crippen molar-refractivity contribution in [2.24, 2.45) is 0 Å². The zero-order valence-electron chi connectivity index (χ0n) is 13.4. The van der Waals surface area contributed by atoms with Crippen LogP contribution in [0.4, 0.5) is 0 Å². The van der Waals surface area contributed by atoms with Crippen LogP contribution in [0.25, 0.3) is 0 Å². The van der Waals surface area contributed by atoms with Gasteiger partial charge < -0.3 is 15.2 Å². The first kappa shape index (κ1) is 17.0. The van der Waals surface area contributed by atoms with Gasteiger partial charge in [0.25, 0.3) is 0 Å². The molecule has 0 saturated carbocycles. The fraction of sp³-hybridized carbons (Fsp3) is 0.412. The van der Waals surface area contributed by atoms with Crippen LogP contribution in [0.5, 0.6) is 5.75 Å². The maximum atomic E-state index is 10.0. The summed E-state index contributed by atoms with van der Waals surface area (Å²) < 4.78 is 7.40. The van der Waals surface area contributed by atoms with E-state index in [9.17, 15) is 5.11 Å². The number of rotatable bonds is 8. The van der Waals surface area contributed by atoms with Gasteiger partial charge in [-0.1, -0.05) is 0 Å². The number of nitriles is 1. The van der Waals surface area contributed by atoms with Crippen molar-refractivity contribution in [1.82, 2.24) is 15.1 Å². The van der Waals surface area contributed by atoms with Crippen molar-refractivity contribution in [3.05, 3.63) is 48.3 Å². The van der Waals surface area contributed by atoms with Crippen molar-refractivity contribution in [3.63, 3.8) is 0 Å². The Balaban J connectivity index is 1.72. The third-order valence-corrected chi connectivity index (χ3v) is 3.77. The second-order valence-electron chi connectivity index (χ2n) is 5.52. The highest BCUT2D eigenvalue weighted by Gasteiger charge is 2.15. The van der Waals surface area contributed by atoms with Crippen LogP contribution in [0.3, 0.4) is 0 Å². The van der Waals surface area contributed by atoms with Crippen molar-refractivity contribution in [2.45, 2.75) is 32.0 Å². The van der Waals surface area contributed by atoms with Gasteiger partial charge in [-0.15, -0.1) is 0 Å². The molecule has 0 amide bonds. The van der Waals surface area contributed by atoms with Crippen molar-refractivity contribution >= 4 is 0 Å². The lowest BCUT2D eigenvalue weighted by molar-refractivity contribution is 0.102. The smallest absolute Gasteiger partial charge is 0.119 e. The molecule has 2 rings (SSSR count). The Morgan fingerprint density at radius 1 is 1.35 bits per heavy atom. The normalized spacial score (nSPS) is 14.7. The van der Waals surface area contributed by atoms with Gasteiger partial charge in [-0.2, -0.15) is 10.4 Å². The van der Waals surface area contributed by atoms with Crippen molar-refractivity contribution in [2.75, 3.05) is 13.2 Å². The van der Waals surface area contributed by atoms with E-state index in [0.717, 1.165) is 0 Å². The number of hydrogen-bond acceptors (Lipinski definition) is 5. The molecule has 23 heavy (non-hydrogen) atoms. The summed E-state index contributed by atoms with van der Waals surface area (Å²) in [6.45, 7) is 4.76.